The summed E-state index contributed by atoms with van der Waals surface area (Å²) in [5.41, 5.74) is 2.11. The van der Waals surface area contributed by atoms with E-state index in [0.717, 1.165) is 11.3 Å². The quantitative estimate of drug-likeness (QED) is 0.864. The number of pyridine rings is 1. The lowest BCUT2D eigenvalue weighted by molar-refractivity contribution is -0.115. The Morgan fingerprint density at radius 1 is 1.21 bits per heavy atom. The van der Waals surface area contributed by atoms with E-state index in [1.807, 2.05) is 24.3 Å². The van der Waals surface area contributed by atoms with Crippen LogP contribution in [0.15, 0.2) is 42.1 Å². The molecular formula is C18H18N2O4. The van der Waals surface area contributed by atoms with Crippen LogP contribution in [-0.2, 0) is 4.79 Å². The van der Waals surface area contributed by atoms with Crippen molar-refractivity contribution in [1.29, 1.82) is 0 Å². The van der Waals surface area contributed by atoms with Crippen molar-refractivity contribution in [2.45, 2.75) is 0 Å². The third-order valence-electron chi connectivity index (χ3n) is 3.83. The number of likely N-dealkylation sites (N-methyl/N-ethyl adjacent to an activating group) is 1. The summed E-state index contributed by atoms with van der Waals surface area (Å²) in [6.07, 6.45) is 3.44. The second-order valence-electron chi connectivity index (χ2n) is 5.28. The molecule has 0 fully saturated rings. The zero-order chi connectivity index (χ0) is 17.1. The first-order valence-electron chi connectivity index (χ1n) is 7.42. The molecule has 24 heavy (non-hydrogen) atoms. The van der Waals surface area contributed by atoms with Crippen LogP contribution in [0.25, 0.3) is 6.08 Å². The molecule has 1 aromatic carbocycles. The standard InChI is InChI=1S/C18H18N2O4/c1-20(14-5-7-17(23-3)19-10-14)18(21)13-8-12-4-6-15(22-2)9-16(12)24-11-13/h4-10H,11H2,1-3H3. The summed E-state index contributed by atoms with van der Waals surface area (Å²) in [7, 11) is 4.86. The minimum atomic E-state index is -0.136. The number of carbonyl (C=O) groups excluding carboxylic acids is 1. The van der Waals surface area contributed by atoms with Crippen LogP contribution >= 0.6 is 0 Å². The number of hydrogen-bond acceptors (Lipinski definition) is 5. The van der Waals surface area contributed by atoms with Gasteiger partial charge < -0.3 is 19.1 Å². The fraction of sp³-hybridized carbons (Fsp3) is 0.222. The Morgan fingerprint density at radius 3 is 2.71 bits per heavy atom. The largest absolute Gasteiger partial charge is 0.497 e. The Hall–Kier alpha value is -3.02. The van der Waals surface area contributed by atoms with Gasteiger partial charge in [0.05, 0.1) is 31.7 Å². The van der Waals surface area contributed by atoms with E-state index >= 15 is 0 Å². The zero-order valence-electron chi connectivity index (χ0n) is 13.8. The summed E-state index contributed by atoms with van der Waals surface area (Å²) < 4.78 is 15.9. The molecule has 0 aliphatic carbocycles. The van der Waals surface area contributed by atoms with Crippen LogP contribution in [0.5, 0.6) is 17.4 Å². The number of nitrogens with zero attached hydrogens (tertiary/aromatic N) is 2. The van der Waals surface area contributed by atoms with Gasteiger partial charge in [0.15, 0.2) is 0 Å². The van der Waals surface area contributed by atoms with Crippen molar-refractivity contribution in [3.63, 3.8) is 0 Å². The number of rotatable bonds is 4. The molecule has 1 amide bonds. The number of amides is 1. The number of benzene rings is 1. The van der Waals surface area contributed by atoms with Gasteiger partial charge >= 0.3 is 0 Å². The summed E-state index contributed by atoms with van der Waals surface area (Å²) >= 11 is 0. The predicted octanol–water partition coefficient (Wildman–Crippen LogP) is 2.54. The average Bonchev–Trinajstić information content (AvgIpc) is 2.66. The lowest BCUT2D eigenvalue weighted by atomic mass is 10.1. The number of carbonyl (C=O) groups is 1. The van der Waals surface area contributed by atoms with Crippen molar-refractivity contribution in [1.82, 2.24) is 4.98 Å². The topological polar surface area (TPSA) is 60.9 Å². The van der Waals surface area contributed by atoms with Crippen molar-refractivity contribution in [2.24, 2.45) is 0 Å². The summed E-state index contributed by atoms with van der Waals surface area (Å²) in [6, 6.07) is 9.02. The number of aromatic nitrogens is 1. The summed E-state index contributed by atoms with van der Waals surface area (Å²) in [5.74, 6) is 1.80. The Kier molecular flexibility index (Phi) is 4.37. The molecule has 124 valence electrons. The molecule has 0 unspecified atom stereocenters. The molecule has 2 heterocycles. The summed E-state index contributed by atoms with van der Waals surface area (Å²) in [5, 5.41) is 0. The smallest absolute Gasteiger partial charge is 0.257 e. The molecule has 0 saturated carbocycles. The second-order valence-corrected chi connectivity index (χ2v) is 5.28. The van der Waals surface area contributed by atoms with Crippen molar-refractivity contribution in [3.05, 3.63) is 47.7 Å². The zero-order valence-corrected chi connectivity index (χ0v) is 13.8. The fourth-order valence-corrected chi connectivity index (χ4v) is 2.42. The van der Waals surface area contributed by atoms with Gasteiger partial charge in [0, 0.05) is 24.7 Å². The van der Waals surface area contributed by atoms with E-state index in [-0.39, 0.29) is 12.5 Å². The molecule has 0 N–H and O–H groups in total. The van der Waals surface area contributed by atoms with Crippen LogP contribution in [0.2, 0.25) is 0 Å². The Morgan fingerprint density at radius 2 is 2.04 bits per heavy atom. The highest BCUT2D eigenvalue weighted by molar-refractivity contribution is 6.08. The number of hydrogen-bond donors (Lipinski definition) is 0. The SMILES string of the molecule is COc1ccc2c(c1)OCC(C(=O)N(C)c1ccc(OC)nc1)=C2. The fourth-order valence-electron chi connectivity index (χ4n) is 2.42. The first-order valence-corrected chi connectivity index (χ1v) is 7.42. The van der Waals surface area contributed by atoms with Crippen LogP contribution in [-0.4, -0.2) is 38.8 Å². The van der Waals surface area contributed by atoms with E-state index in [4.69, 9.17) is 14.2 Å². The minimum Gasteiger partial charge on any atom is -0.497 e. The monoisotopic (exact) mass is 326 g/mol. The molecule has 1 aliphatic heterocycles. The maximum absolute atomic E-state index is 12.7. The third kappa shape index (κ3) is 3.03. The van der Waals surface area contributed by atoms with E-state index < -0.39 is 0 Å². The van der Waals surface area contributed by atoms with Crippen LogP contribution in [0, 0.1) is 0 Å². The number of fused-ring (bicyclic) bond motifs is 1. The summed E-state index contributed by atoms with van der Waals surface area (Å²) in [6.45, 7) is 0.215. The van der Waals surface area contributed by atoms with Gasteiger partial charge in [-0.2, -0.15) is 0 Å². The maximum atomic E-state index is 12.7. The number of anilines is 1. The molecule has 0 saturated heterocycles. The van der Waals surface area contributed by atoms with E-state index in [9.17, 15) is 4.79 Å². The van der Waals surface area contributed by atoms with Crippen LogP contribution in [0.1, 0.15) is 5.56 Å². The molecule has 0 radical (unpaired) electrons. The van der Waals surface area contributed by atoms with Crippen LogP contribution in [0.4, 0.5) is 5.69 Å². The van der Waals surface area contributed by atoms with Gasteiger partial charge in [-0.1, -0.05) is 0 Å². The van der Waals surface area contributed by atoms with Gasteiger partial charge in [-0.3, -0.25) is 4.79 Å². The molecule has 6 heteroatoms. The van der Waals surface area contributed by atoms with Gasteiger partial charge in [-0.25, -0.2) is 4.98 Å². The van der Waals surface area contributed by atoms with E-state index in [1.54, 1.807) is 39.6 Å². The average molecular weight is 326 g/mol. The molecule has 1 aromatic heterocycles. The van der Waals surface area contributed by atoms with E-state index in [0.29, 0.717) is 22.9 Å². The molecule has 3 rings (SSSR count). The van der Waals surface area contributed by atoms with Gasteiger partial charge in [0.25, 0.3) is 5.91 Å². The highest BCUT2D eigenvalue weighted by atomic mass is 16.5. The van der Waals surface area contributed by atoms with E-state index in [2.05, 4.69) is 4.98 Å². The molecular weight excluding hydrogens is 308 g/mol. The van der Waals surface area contributed by atoms with Gasteiger partial charge in [0.2, 0.25) is 5.88 Å². The van der Waals surface area contributed by atoms with Crippen molar-refractivity contribution < 1.29 is 19.0 Å². The lowest BCUT2D eigenvalue weighted by Gasteiger charge is -2.22. The highest BCUT2D eigenvalue weighted by Gasteiger charge is 2.21. The Bertz CT molecular complexity index is 784. The predicted molar refractivity (Wildman–Crippen MR) is 90.7 cm³/mol. The second kappa shape index (κ2) is 6.62. The maximum Gasteiger partial charge on any atom is 0.257 e. The Labute approximate surface area is 140 Å². The molecule has 0 atom stereocenters. The van der Waals surface area contributed by atoms with Crippen molar-refractivity contribution in [3.8, 4) is 17.4 Å². The van der Waals surface area contributed by atoms with Crippen LogP contribution < -0.4 is 19.1 Å². The normalized spacial score (nSPS) is 12.5. The highest BCUT2D eigenvalue weighted by Crippen LogP contribution is 2.31. The van der Waals surface area contributed by atoms with E-state index in [1.165, 1.54) is 4.90 Å². The lowest BCUT2D eigenvalue weighted by Crippen LogP contribution is -2.30. The number of methoxy groups -OCH3 is 2. The first-order chi connectivity index (χ1) is 11.6. The van der Waals surface area contributed by atoms with Gasteiger partial charge in [-0.05, 0) is 24.3 Å². The molecule has 2 aromatic rings. The first kappa shape index (κ1) is 15.9. The van der Waals surface area contributed by atoms with Crippen molar-refractivity contribution in [2.75, 3.05) is 32.8 Å². The minimum absolute atomic E-state index is 0.136. The van der Waals surface area contributed by atoms with Gasteiger partial charge in [0.1, 0.15) is 18.1 Å². The Balaban J connectivity index is 1.82. The molecule has 0 bridgehead atoms. The van der Waals surface area contributed by atoms with Crippen LogP contribution in [0.3, 0.4) is 0 Å². The van der Waals surface area contributed by atoms with Gasteiger partial charge in [-0.15, -0.1) is 0 Å². The molecule has 0 spiro atoms. The molecule has 1 aliphatic rings. The third-order valence-corrected chi connectivity index (χ3v) is 3.83. The molecule has 6 nitrogen and oxygen atoms in total. The number of ether oxygens (including phenoxy) is 3. The summed E-state index contributed by atoms with van der Waals surface area (Å²) in [4.78, 5) is 18.3. The van der Waals surface area contributed by atoms with Crippen molar-refractivity contribution >= 4 is 17.7 Å².